The Hall–Kier alpha value is -0.120. The normalized spacial score (nSPS) is 40.5. The Morgan fingerprint density at radius 1 is 1.33 bits per heavy atom. The average molecular weight is 254 g/mol. The molecular formula is C15H30N2O. The van der Waals surface area contributed by atoms with E-state index in [9.17, 15) is 0 Å². The Morgan fingerprint density at radius 2 is 2.06 bits per heavy atom. The second-order valence-electron chi connectivity index (χ2n) is 6.66. The van der Waals surface area contributed by atoms with Crippen LogP contribution in [0.3, 0.4) is 0 Å². The van der Waals surface area contributed by atoms with E-state index in [0.717, 1.165) is 12.6 Å². The van der Waals surface area contributed by atoms with Crippen LogP contribution in [0, 0.1) is 5.41 Å². The Labute approximate surface area is 112 Å². The van der Waals surface area contributed by atoms with Crippen molar-refractivity contribution in [3.63, 3.8) is 0 Å². The quantitative estimate of drug-likeness (QED) is 0.833. The fourth-order valence-electron chi connectivity index (χ4n) is 3.95. The van der Waals surface area contributed by atoms with Crippen molar-refractivity contribution in [2.24, 2.45) is 5.41 Å². The molecule has 1 aliphatic heterocycles. The summed E-state index contributed by atoms with van der Waals surface area (Å²) >= 11 is 0. The third-order valence-corrected chi connectivity index (χ3v) is 5.23. The molecule has 3 nitrogen and oxygen atoms in total. The molecule has 0 aromatic carbocycles. The van der Waals surface area contributed by atoms with Gasteiger partial charge in [-0.15, -0.1) is 0 Å². The molecule has 0 bridgehead atoms. The summed E-state index contributed by atoms with van der Waals surface area (Å²) in [6.07, 6.45) is 4.24. The first-order valence-corrected chi connectivity index (χ1v) is 7.52. The molecule has 0 radical (unpaired) electrons. The Kier molecular flexibility index (Phi) is 4.35. The van der Waals surface area contributed by atoms with E-state index in [0.29, 0.717) is 23.6 Å². The lowest BCUT2D eigenvalue weighted by Gasteiger charge is -2.58. The molecule has 0 aromatic rings. The molecule has 1 saturated heterocycles. The lowest BCUT2D eigenvalue weighted by Crippen LogP contribution is -2.65. The molecule has 1 N–H and O–H groups in total. The molecule has 18 heavy (non-hydrogen) atoms. The van der Waals surface area contributed by atoms with Gasteiger partial charge >= 0.3 is 0 Å². The van der Waals surface area contributed by atoms with Crippen molar-refractivity contribution in [2.75, 3.05) is 20.2 Å². The third-order valence-electron chi connectivity index (χ3n) is 5.23. The molecule has 2 fully saturated rings. The van der Waals surface area contributed by atoms with Crippen molar-refractivity contribution in [1.29, 1.82) is 0 Å². The number of likely N-dealkylation sites (tertiary alicyclic amines) is 1. The minimum Gasteiger partial charge on any atom is -0.381 e. The van der Waals surface area contributed by atoms with Gasteiger partial charge in [-0.25, -0.2) is 0 Å². The van der Waals surface area contributed by atoms with Crippen molar-refractivity contribution >= 4 is 0 Å². The SMILES string of the molecule is CCNC1CCN(C2CC(OC)C2(C)C)C(C)C1. The first-order valence-electron chi connectivity index (χ1n) is 7.52. The van der Waals surface area contributed by atoms with Gasteiger partial charge < -0.3 is 10.1 Å². The molecule has 1 heterocycles. The van der Waals surface area contributed by atoms with Gasteiger partial charge in [-0.1, -0.05) is 20.8 Å². The minimum absolute atomic E-state index is 0.314. The van der Waals surface area contributed by atoms with E-state index in [1.165, 1.54) is 25.8 Å². The average Bonchev–Trinajstić information content (AvgIpc) is 2.31. The molecule has 4 atom stereocenters. The predicted octanol–water partition coefficient (Wildman–Crippen LogP) is 2.26. The molecule has 2 aliphatic rings. The standard InChI is InChI=1S/C15H30N2O/c1-6-16-12-7-8-17(11(2)9-12)13-10-14(18-5)15(13,3)4/h11-14,16H,6-10H2,1-5H3. The second-order valence-corrected chi connectivity index (χ2v) is 6.66. The van der Waals surface area contributed by atoms with Crippen LogP contribution in [-0.4, -0.2) is 49.3 Å². The maximum atomic E-state index is 5.58. The largest absolute Gasteiger partial charge is 0.381 e. The third kappa shape index (κ3) is 2.45. The molecule has 106 valence electrons. The molecule has 4 unspecified atom stereocenters. The van der Waals surface area contributed by atoms with E-state index in [-0.39, 0.29) is 0 Å². The second kappa shape index (κ2) is 5.48. The van der Waals surface area contributed by atoms with E-state index in [1.807, 2.05) is 7.11 Å². The lowest BCUT2D eigenvalue weighted by molar-refractivity contribution is -0.151. The van der Waals surface area contributed by atoms with Gasteiger partial charge in [0.15, 0.2) is 0 Å². The smallest absolute Gasteiger partial charge is 0.0652 e. The highest BCUT2D eigenvalue weighted by Gasteiger charge is 2.52. The van der Waals surface area contributed by atoms with Crippen LogP contribution < -0.4 is 5.32 Å². The monoisotopic (exact) mass is 254 g/mol. The summed E-state index contributed by atoms with van der Waals surface area (Å²) in [6.45, 7) is 11.6. The highest BCUT2D eigenvalue weighted by Crippen LogP contribution is 2.47. The van der Waals surface area contributed by atoms with E-state index in [4.69, 9.17) is 4.74 Å². The maximum absolute atomic E-state index is 5.58. The van der Waals surface area contributed by atoms with Crippen molar-refractivity contribution in [3.05, 3.63) is 0 Å². The van der Waals surface area contributed by atoms with Crippen molar-refractivity contribution in [2.45, 2.75) is 71.2 Å². The Balaban J connectivity index is 1.92. The van der Waals surface area contributed by atoms with Crippen LogP contribution >= 0.6 is 0 Å². The molecule has 2 rings (SSSR count). The molecule has 0 aromatic heterocycles. The Morgan fingerprint density at radius 3 is 2.56 bits per heavy atom. The highest BCUT2D eigenvalue weighted by atomic mass is 16.5. The zero-order valence-electron chi connectivity index (χ0n) is 12.7. The van der Waals surface area contributed by atoms with Gasteiger partial charge in [0.1, 0.15) is 0 Å². The summed E-state index contributed by atoms with van der Waals surface area (Å²) in [5.74, 6) is 0. The van der Waals surface area contributed by atoms with Crippen LogP contribution in [0.2, 0.25) is 0 Å². The van der Waals surface area contributed by atoms with Gasteiger partial charge in [-0.05, 0) is 32.7 Å². The Bertz CT molecular complexity index is 280. The zero-order valence-corrected chi connectivity index (χ0v) is 12.7. The van der Waals surface area contributed by atoms with Gasteiger partial charge in [0, 0.05) is 37.2 Å². The summed E-state index contributed by atoms with van der Waals surface area (Å²) in [6, 6.07) is 2.13. The van der Waals surface area contributed by atoms with E-state index >= 15 is 0 Å². The van der Waals surface area contributed by atoms with E-state index < -0.39 is 0 Å². The topological polar surface area (TPSA) is 24.5 Å². The van der Waals surface area contributed by atoms with Crippen LogP contribution in [0.1, 0.15) is 47.0 Å². The van der Waals surface area contributed by atoms with Gasteiger partial charge in [-0.3, -0.25) is 4.90 Å². The van der Waals surface area contributed by atoms with Crippen LogP contribution in [0.4, 0.5) is 0 Å². The van der Waals surface area contributed by atoms with Crippen LogP contribution in [-0.2, 0) is 4.74 Å². The lowest BCUT2D eigenvalue weighted by atomic mass is 9.63. The molecule has 1 saturated carbocycles. The summed E-state index contributed by atoms with van der Waals surface area (Å²) < 4.78 is 5.58. The fraction of sp³-hybridized carbons (Fsp3) is 1.00. The fourth-order valence-corrected chi connectivity index (χ4v) is 3.95. The summed E-state index contributed by atoms with van der Waals surface area (Å²) in [5.41, 5.74) is 0.314. The zero-order chi connectivity index (χ0) is 13.3. The van der Waals surface area contributed by atoms with Crippen LogP contribution in [0.15, 0.2) is 0 Å². The van der Waals surface area contributed by atoms with Gasteiger partial charge in [0.25, 0.3) is 0 Å². The summed E-state index contributed by atoms with van der Waals surface area (Å²) in [4.78, 5) is 2.73. The first-order chi connectivity index (χ1) is 8.50. The number of ether oxygens (including phenoxy) is 1. The predicted molar refractivity (Wildman–Crippen MR) is 75.8 cm³/mol. The van der Waals surface area contributed by atoms with Gasteiger partial charge in [0.2, 0.25) is 0 Å². The number of hydrogen-bond donors (Lipinski definition) is 1. The minimum atomic E-state index is 0.314. The molecule has 1 aliphatic carbocycles. The van der Waals surface area contributed by atoms with Crippen molar-refractivity contribution in [1.82, 2.24) is 10.2 Å². The van der Waals surface area contributed by atoms with E-state index in [2.05, 4.69) is 37.9 Å². The first kappa shape index (κ1) is 14.3. The molecule has 3 heteroatoms. The van der Waals surface area contributed by atoms with E-state index in [1.54, 1.807) is 0 Å². The number of nitrogens with one attached hydrogen (secondary N) is 1. The molecular weight excluding hydrogens is 224 g/mol. The number of rotatable bonds is 4. The van der Waals surface area contributed by atoms with Gasteiger partial charge in [0.05, 0.1) is 6.10 Å². The maximum Gasteiger partial charge on any atom is 0.0652 e. The van der Waals surface area contributed by atoms with Crippen molar-refractivity contribution < 1.29 is 4.74 Å². The molecule has 0 spiro atoms. The summed E-state index contributed by atoms with van der Waals surface area (Å²) in [5, 5.41) is 3.60. The number of nitrogens with zero attached hydrogens (tertiary/aromatic N) is 1. The number of hydrogen-bond acceptors (Lipinski definition) is 3. The summed E-state index contributed by atoms with van der Waals surface area (Å²) in [7, 11) is 1.85. The van der Waals surface area contributed by atoms with Gasteiger partial charge in [-0.2, -0.15) is 0 Å². The van der Waals surface area contributed by atoms with Crippen molar-refractivity contribution in [3.8, 4) is 0 Å². The number of methoxy groups -OCH3 is 1. The highest BCUT2D eigenvalue weighted by molar-refractivity contribution is 5.05. The van der Waals surface area contributed by atoms with Crippen LogP contribution in [0.25, 0.3) is 0 Å². The number of piperidine rings is 1. The van der Waals surface area contributed by atoms with Crippen LogP contribution in [0.5, 0.6) is 0 Å². The molecule has 0 amide bonds.